The molecule has 0 atom stereocenters. The van der Waals surface area contributed by atoms with Gasteiger partial charge in [0.1, 0.15) is 0 Å². The highest BCUT2D eigenvalue weighted by molar-refractivity contribution is 5.85. The van der Waals surface area contributed by atoms with E-state index in [4.69, 9.17) is 5.73 Å². The van der Waals surface area contributed by atoms with Crippen LogP contribution in [0.5, 0.6) is 0 Å². The van der Waals surface area contributed by atoms with E-state index in [-0.39, 0.29) is 0 Å². The van der Waals surface area contributed by atoms with E-state index in [0.29, 0.717) is 5.92 Å². The highest BCUT2D eigenvalue weighted by Gasteiger charge is 2.15. The van der Waals surface area contributed by atoms with Gasteiger partial charge in [0.05, 0.1) is 0 Å². The van der Waals surface area contributed by atoms with Crippen LogP contribution in [-0.4, -0.2) is 11.7 Å². The van der Waals surface area contributed by atoms with E-state index >= 15 is 0 Å². The zero-order chi connectivity index (χ0) is 9.68. The molecule has 3 N–H and O–H groups in total. The molecule has 0 spiro atoms. The molecule has 1 saturated carbocycles. The van der Waals surface area contributed by atoms with Crippen molar-refractivity contribution in [2.75, 3.05) is 0 Å². The molecule has 0 aromatic carbocycles. The second-order valence-corrected chi connectivity index (χ2v) is 3.56. The number of rotatable bonds is 2. The third-order valence-electron chi connectivity index (χ3n) is 2.54. The summed E-state index contributed by atoms with van der Waals surface area (Å²) in [5, 5.41) is 3.94. The summed E-state index contributed by atoms with van der Waals surface area (Å²) in [6.07, 6.45) is 6.25. The van der Waals surface area contributed by atoms with Gasteiger partial charge in [-0.15, -0.1) is 0 Å². The summed E-state index contributed by atoms with van der Waals surface area (Å²) in [7, 11) is 0. The van der Waals surface area contributed by atoms with E-state index in [9.17, 15) is 4.79 Å². The Bertz CT molecular complexity index is 207. The third-order valence-corrected chi connectivity index (χ3v) is 2.54. The molecule has 0 bridgehead atoms. The third kappa shape index (κ3) is 3.44. The maximum Gasteiger partial charge on any atom is 0.332 e. The van der Waals surface area contributed by atoms with Crippen LogP contribution >= 0.6 is 0 Å². The van der Waals surface area contributed by atoms with Gasteiger partial charge in [-0.3, -0.25) is 0 Å². The maximum atomic E-state index is 10.4. The number of hydrazone groups is 1. The van der Waals surface area contributed by atoms with Crippen LogP contribution in [0, 0.1) is 5.92 Å². The molecule has 4 nitrogen and oxygen atoms in total. The van der Waals surface area contributed by atoms with Crippen molar-refractivity contribution in [2.24, 2.45) is 16.8 Å². The summed E-state index contributed by atoms with van der Waals surface area (Å²) < 4.78 is 0. The minimum atomic E-state index is -0.588. The highest BCUT2D eigenvalue weighted by Crippen LogP contribution is 2.24. The van der Waals surface area contributed by atoms with Gasteiger partial charge in [-0.1, -0.05) is 19.3 Å². The Labute approximate surface area is 78.6 Å². The molecule has 0 aromatic rings. The van der Waals surface area contributed by atoms with Crippen LogP contribution in [0.1, 0.15) is 39.0 Å². The van der Waals surface area contributed by atoms with E-state index in [1.165, 1.54) is 32.1 Å². The summed E-state index contributed by atoms with van der Waals surface area (Å²) in [4.78, 5) is 10.4. The lowest BCUT2D eigenvalue weighted by molar-refractivity contribution is 0.249. The summed E-state index contributed by atoms with van der Waals surface area (Å²) in [5.41, 5.74) is 8.18. The number of carbonyl (C=O) groups is 1. The largest absolute Gasteiger partial charge is 0.350 e. The number of nitrogens with one attached hydrogen (secondary N) is 1. The molecule has 2 amide bonds. The fourth-order valence-corrected chi connectivity index (χ4v) is 1.75. The number of carbonyl (C=O) groups excluding carboxylic acids is 1. The molecule has 4 heteroatoms. The monoisotopic (exact) mass is 183 g/mol. The fraction of sp³-hybridized carbons (Fsp3) is 0.778. The van der Waals surface area contributed by atoms with Gasteiger partial charge in [0, 0.05) is 5.71 Å². The second-order valence-electron chi connectivity index (χ2n) is 3.56. The molecule has 1 rings (SSSR count). The van der Waals surface area contributed by atoms with Crippen LogP contribution in [0.3, 0.4) is 0 Å². The number of primary amides is 1. The molecule has 1 aliphatic carbocycles. The smallest absolute Gasteiger partial charge is 0.332 e. The molecule has 13 heavy (non-hydrogen) atoms. The Morgan fingerprint density at radius 1 is 1.38 bits per heavy atom. The van der Waals surface area contributed by atoms with Crippen LogP contribution in [-0.2, 0) is 0 Å². The lowest BCUT2D eigenvalue weighted by Gasteiger charge is -2.20. The molecule has 0 aromatic heterocycles. The lowest BCUT2D eigenvalue weighted by atomic mass is 9.86. The number of hydrogen-bond donors (Lipinski definition) is 2. The zero-order valence-corrected chi connectivity index (χ0v) is 8.05. The normalized spacial score (nSPS) is 19.9. The van der Waals surface area contributed by atoms with Crippen molar-refractivity contribution in [1.29, 1.82) is 0 Å². The molecule has 0 radical (unpaired) electrons. The van der Waals surface area contributed by atoms with Gasteiger partial charge < -0.3 is 5.73 Å². The Kier molecular flexibility index (Phi) is 3.73. The summed E-state index contributed by atoms with van der Waals surface area (Å²) in [6, 6.07) is -0.588. The van der Waals surface area contributed by atoms with Gasteiger partial charge in [0.2, 0.25) is 0 Å². The van der Waals surface area contributed by atoms with Crippen molar-refractivity contribution in [3.8, 4) is 0 Å². The minimum absolute atomic E-state index is 0.542. The summed E-state index contributed by atoms with van der Waals surface area (Å²) >= 11 is 0. The van der Waals surface area contributed by atoms with Gasteiger partial charge in [0.15, 0.2) is 0 Å². The molecule has 0 unspecified atom stereocenters. The van der Waals surface area contributed by atoms with Crippen molar-refractivity contribution >= 4 is 11.7 Å². The molecule has 0 heterocycles. The number of urea groups is 1. The van der Waals surface area contributed by atoms with Gasteiger partial charge >= 0.3 is 6.03 Å². The fourth-order valence-electron chi connectivity index (χ4n) is 1.75. The summed E-state index contributed by atoms with van der Waals surface area (Å²) in [5.74, 6) is 0.542. The molecule has 0 saturated heterocycles. The van der Waals surface area contributed by atoms with Gasteiger partial charge in [0.25, 0.3) is 0 Å². The first-order valence-electron chi connectivity index (χ1n) is 4.80. The van der Waals surface area contributed by atoms with E-state index in [1.807, 2.05) is 6.92 Å². The molecule has 1 fully saturated rings. The lowest BCUT2D eigenvalue weighted by Crippen LogP contribution is -2.27. The van der Waals surface area contributed by atoms with Crippen molar-refractivity contribution in [3.05, 3.63) is 0 Å². The zero-order valence-electron chi connectivity index (χ0n) is 8.05. The minimum Gasteiger partial charge on any atom is -0.350 e. The van der Waals surface area contributed by atoms with Gasteiger partial charge in [-0.05, 0) is 25.7 Å². The highest BCUT2D eigenvalue weighted by atomic mass is 16.2. The topological polar surface area (TPSA) is 67.5 Å². The average Bonchev–Trinajstić information content (AvgIpc) is 2.15. The second kappa shape index (κ2) is 4.84. The SMILES string of the molecule is CC(=NNC(N)=O)C1CCCCC1. The Hall–Kier alpha value is -1.06. The van der Waals surface area contributed by atoms with Crippen molar-refractivity contribution < 1.29 is 4.79 Å². The first kappa shape index (κ1) is 10.0. The predicted octanol–water partition coefficient (Wildman–Crippen LogP) is 1.61. The van der Waals surface area contributed by atoms with Gasteiger partial charge in [-0.2, -0.15) is 5.10 Å². The van der Waals surface area contributed by atoms with Crippen molar-refractivity contribution in [1.82, 2.24) is 5.43 Å². The molecule has 1 aliphatic rings. The van der Waals surface area contributed by atoms with Crippen LogP contribution < -0.4 is 11.2 Å². The number of nitrogens with zero attached hydrogens (tertiary/aromatic N) is 1. The molecule has 74 valence electrons. The van der Waals surface area contributed by atoms with Crippen LogP contribution in [0.2, 0.25) is 0 Å². The van der Waals surface area contributed by atoms with Crippen molar-refractivity contribution in [3.63, 3.8) is 0 Å². The number of hydrogen-bond acceptors (Lipinski definition) is 2. The van der Waals surface area contributed by atoms with Crippen LogP contribution in [0.4, 0.5) is 4.79 Å². The number of amides is 2. The van der Waals surface area contributed by atoms with Crippen molar-refractivity contribution in [2.45, 2.75) is 39.0 Å². The first-order valence-corrected chi connectivity index (χ1v) is 4.80. The van der Waals surface area contributed by atoms with E-state index in [1.54, 1.807) is 0 Å². The number of nitrogens with two attached hydrogens (primary N) is 1. The maximum absolute atomic E-state index is 10.4. The van der Waals surface area contributed by atoms with Gasteiger partial charge in [-0.25, -0.2) is 10.2 Å². The Balaban J connectivity index is 2.39. The first-order chi connectivity index (χ1) is 6.20. The molecular formula is C9H17N3O. The van der Waals surface area contributed by atoms with E-state index in [0.717, 1.165) is 5.71 Å². The quantitative estimate of drug-likeness (QED) is 0.495. The summed E-state index contributed by atoms with van der Waals surface area (Å²) in [6.45, 7) is 1.95. The van der Waals surface area contributed by atoms with Crippen LogP contribution in [0.25, 0.3) is 0 Å². The Morgan fingerprint density at radius 2 is 2.00 bits per heavy atom. The average molecular weight is 183 g/mol. The van der Waals surface area contributed by atoms with E-state index < -0.39 is 6.03 Å². The molecular weight excluding hydrogens is 166 g/mol. The Morgan fingerprint density at radius 3 is 2.54 bits per heavy atom. The molecule has 0 aliphatic heterocycles. The predicted molar refractivity (Wildman–Crippen MR) is 52.4 cm³/mol. The van der Waals surface area contributed by atoms with E-state index in [2.05, 4.69) is 10.5 Å². The standard InChI is InChI=1S/C9H17N3O/c1-7(11-12-9(10)13)8-5-3-2-4-6-8/h8H,2-6H2,1H3,(H3,10,12,13). The van der Waals surface area contributed by atoms with Crippen LogP contribution in [0.15, 0.2) is 5.10 Å².